The summed E-state index contributed by atoms with van der Waals surface area (Å²) in [6.45, 7) is 3.89. The Morgan fingerprint density at radius 3 is 2.53 bits per heavy atom. The van der Waals surface area contributed by atoms with Crippen molar-refractivity contribution in [1.82, 2.24) is 19.7 Å². The van der Waals surface area contributed by atoms with Gasteiger partial charge in [-0.2, -0.15) is 0 Å². The van der Waals surface area contributed by atoms with Crippen molar-refractivity contribution in [3.63, 3.8) is 0 Å². The van der Waals surface area contributed by atoms with Gasteiger partial charge in [-0.25, -0.2) is 0 Å². The highest BCUT2D eigenvalue weighted by Gasteiger charge is 2.22. The lowest BCUT2D eigenvalue weighted by Gasteiger charge is -2.15. The van der Waals surface area contributed by atoms with Crippen molar-refractivity contribution >= 4 is 23.4 Å². The molecule has 0 radical (unpaired) electrons. The Morgan fingerprint density at radius 2 is 1.84 bits per heavy atom. The number of carbonyl (C=O) groups excluding carboxylic acids is 1. The zero-order chi connectivity index (χ0) is 22.5. The first-order chi connectivity index (χ1) is 15.6. The Labute approximate surface area is 190 Å². The molecular formula is C24H23N5O2S. The van der Waals surface area contributed by atoms with Crippen molar-refractivity contribution in [3.05, 3.63) is 78.6 Å². The lowest BCUT2D eigenvalue weighted by atomic mass is 10.2. The van der Waals surface area contributed by atoms with E-state index in [2.05, 4.69) is 20.5 Å². The number of para-hydroxylation sites is 1. The molecule has 162 valence electrons. The molecule has 0 saturated carbocycles. The zero-order valence-electron chi connectivity index (χ0n) is 18.0. The number of ether oxygens (including phenoxy) is 1. The number of nitrogens with zero attached hydrogens (tertiary/aromatic N) is 4. The molecule has 0 saturated heterocycles. The van der Waals surface area contributed by atoms with Crippen LogP contribution in [0.25, 0.3) is 17.1 Å². The molecule has 0 fully saturated rings. The van der Waals surface area contributed by atoms with E-state index < -0.39 is 5.25 Å². The van der Waals surface area contributed by atoms with Gasteiger partial charge < -0.3 is 10.1 Å². The average Bonchev–Trinajstić information content (AvgIpc) is 3.23. The van der Waals surface area contributed by atoms with E-state index in [1.807, 2.05) is 79.1 Å². The molecule has 1 unspecified atom stereocenters. The summed E-state index contributed by atoms with van der Waals surface area (Å²) in [6.07, 6.45) is 3.48. The first-order valence-corrected chi connectivity index (χ1v) is 11.0. The number of rotatable bonds is 7. The molecule has 7 nitrogen and oxygen atoms in total. The van der Waals surface area contributed by atoms with Crippen LogP contribution >= 0.6 is 11.8 Å². The summed E-state index contributed by atoms with van der Waals surface area (Å²) in [5.74, 6) is 1.29. The van der Waals surface area contributed by atoms with Crippen LogP contribution in [-0.2, 0) is 4.79 Å². The second kappa shape index (κ2) is 9.65. The van der Waals surface area contributed by atoms with Gasteiger partial charge in [0.2, 0.25) is 5.91 Å². The van der Waals surface area contributed by atoms with Gasteiger partial charge in [-0.3, -0.25) is 14.3 Å². The molecule has 8 heteroatoms. The van der Waals surface area contributed by atoms with Gasteiger partial charge >= 0.3 is 0 Å². The largest absolute Gasteiger partial charge is 0.497 e. The third kappa shape index (κ3) is 4.65. The summed E-state index contributed by atoms with van der Waals surface area (Å²) in [5, 5.41) is 12.0. The van der Waals surface area contributed by atoms with E-state index in [9.17, 15) is 4.79 Å². The van der Waals surface area contributed by atoms with Crippen LogP contribution in [0, 0.1) is 6.92 Å². The first kappa shape index (κ1) is 21.6. The summed E-state index contributed by atoms with van der Waals surface area (Å²) in [4.78, 5) is 17.0. The number of benzene rings is 2. The number of pyridine rings is 1. The molecule has 0 aliphatic heterocycles. The average molecular weight is 446 g/mol. The molecule has 1 N–H and O–H groups in total. The summed E-state index contributed by atoms with van der Waals surface area (Å²) in [5.41, 5.74) is 3.60. The maximum atomic E-state index is 12.8. The number of aromatic nitrogens is 4. The Kier molecular flexibility index (Phi) is 6.51. The number of hydrogen-bond acceptors (Lipinski definition) is 6. The van der Waals surface area contributed by atoms with Gasteiger partial charge in [0.15, 0.2) is 11.0 Å². The van der Waals surface area contributed by atoms with Gasteiger partial charge in [-0.05, 0) is 61.9 Å². The van der Waals surface area contributed by atoms with Crippen LogP contribution in [0.4, 0.5) is 5.69 Å². The standard InChI is InChI=1S/C24H23N5O2S/c1-16-7-4-5-9-21(16)29-22(18-8-6-14-25-15-18)27-28-24(29)32-17(2)23(30)26-19-10-12-20(31-3)13-11-19/h4-15,17H,1-3H3,(H,26,30). The van der Waals surface area contributed by atoms with Crippen LogP contribution in [0.1, 0.15) is 12.5 Å². The maximum Gasteiger partial charge on any atom is 0.237 e. The molecular weight excluding hydrogens is 422 g/mol. The van der Waals surface area contributed by atoms with Gasteiger partial charge in [0, 0.05) is 23.6 Å². The molecule has 0 spiro atoms. The van der Waals surface area contributed by atoms with Crippen LogP contribution in [0.15, 0.2) is 78.2 Å². The van der Waals surface area contributed by atoms with Crippen molar-refractivity contribution in [2.75, 3.05) is 12.4 Å². The molecule has 2 aromatic heterocycles. The summed E-state index contributed by atoms with van der Waals surface area (Å²) in [7, 11) is 1.61. The molecule has 1 atom stereocenters. The molecule has 4 aromatic rings. The third-order valence-electron chi connectivity index (χ3n) is 4.92. The van der Waals surface area contributed by atoms with E-state index in [0.29, 0.717) is 16.7 Å². The molecule has 0 aliphatic rings. The molecule has 0 bridgehead atoms. The number of thioether (sulfide) groups is 1. The summed E-state index contributed by atoms with van der Waals surface area (Å²) in [6, 6.07) is 19.1. The van der Waals surface area contributed by atoms with Gasteiger partial charge in [0.05, 0.1) is 18.0 Å². The molecule has 4 rings (SSSR count). The smallest absolute Gasteiger partial charge is 0.237 e. The van der Waals surface area contributed by atoms with Gasteiger partial charge in [-0.15, -0.1) is 10.2 Å². The third-order valence-corrected chi connectivity index (χ3v) is 5.96. The van der Waals surface area contributed by atoms with E-state index in [0.717, 1.165) is 22.6 Å². The van der Waals surface area contributed by atoms with Gasteiger partial charge in [0.1, 0.15) is 5.75 Å². The van der Waals surface area contributed by atoms with Gasteiger partial charge in [-0.1, -0.05) is 30.0 Å². The van der Waals surface area contributed by atoms with Crippen molar-refractivity contribution < 1.29 is 9.53 Å². The maximum absolute atomic E-state index is 12.8. The highest BCUT2D eigenvalue weighted by atomic mass is 32.2. The number of amides is 1. The quantitative estimate of drug-likeness (QED) is 0.413. The fourth-order valence-electron chi connectivity index (χ4n) is 3.19. The summed E-state index contributed by atoms with van der Waals surface area (Å²) < 4.78 is 7.15. The molecule has 2 heterocycles. The van der Waals surface area contributed by atoms with Crippen LogP contribution in [-0.4, -0.2) is 38.0 Å². The van der Waals surface area contributed by atoms with Crippen molar-refractivity contribution in [3.8, 4) is 22.8 Å². The highest BCUT2D eigenvalue weighted by molar-refractivity contribution is 8.00. The van der Waals surface area contributed by atoms with Crippen LogP contribution in [0.2, 0.25) is 0 Å². The lowest BCUT2D eigenvalue weighted by Crippen LogP contribution is -2.22. The van der Waals surface area contributed by atoms with E-state index in [1.54, 1.807) is 19.5 Å². The minimum atomic E-state index is -0.397. The molecule has 1 amide bonds. The second-order valence-corrected chi connectivity index (χ2v) is 8.46. The topological polar surface area (TPSA) is 81.9 Å². The monoisotopic (exact) mass is 445 g/mol. The molecule has 2 aromatic carbocycles. The minimum absolute atomic E-state index is 0.123. The highest BCUT2D eigenvalue weighted by Crippen LogP contribution is 2.31. The fraction of sp³-hybridized carbons (Fsp3) is 0.167. The Balaban J connectivity index is 1.62. The lowest BCUT2D eigenvalue weighted by molar-refractivity contribution is -0.115. The number of carbonyl (C=O) groups is 1. The zero-order valence-corrected chi connectivity index (χ0v) is 18.8. The molecule has 0 aliphatic carbocycles. The van der Waals surface area contributed by atoms with E-state index >= 15 is 0 Å². The van der Waals surface area contributed by atoms with Crippen LogP contribution in [0.5, 0.6) is 5.75 Å². The van der Waals surface area contributed by atoms with Crippen LogP contribution in [0.3, 0.4) is 0 Å². The minimum Gasteiger partial charge on any atom is -0.497 e. The van der Waals surface area contributed by atoms with Crippen molar-refractivity contribution in [1.29, 1.82) is 0 Å². The number of anilines is 1. The second-order valence-electron chi connectivity index (χ2n) is 7.15. The normalized spacial score (nSPS) is 11.7. The predicted octanol–water partition coefficient (Wildman–Crippen LogP) is 4.77. The molecule has 32 heavy (non-hydrogen) atoms. The SMILES string of the molecule is COc1ccc(NC(=O)C(C)Sc2nnc(-c3cccnc3)n2-c2ccccc2C)cc1. The van der Waals surface area contributed by atoms with E-state index in [1.165, 1.54) is 11.8 Å². The van der Waals surface area contributed by atoms with Crippen molar-refractivity contribution in [2.24, 2.45) is 0 Å². The summed E-state index contributed by atoms with van der Waals surface area (Å²) >= 11 is 1.36. The first-order valence-electron chi connectivity index (χ1n) is 10.1. The van der Waals surface area contributed by atoms with Crippen molar-refractivity contribution in [2.45, 2.75) is 24.3 Å². The predicted molar refractivity (Wildman–Crippen MR) is 126 cm³/mol. The van der Waals surface area contributed by atoms with E-state index in [4.69, 9.17) is 4.74 Å². The number of aryl methyl sites for hydroxylation is 1. The van der Waals surface area contributed by atoms with Crippen LogP contribution < -0.4 is 10.1 Å². The Morgan fingerprint density at radius 1 is 1.06 bits per heavy atom. The Hall–Kier alpha value is -3.65. The Bertz CT molecular complexity index is 1210. The fourth-order valence-corrected chi connectivity index (χ4v) is 4.05. The van der Waals surface area contributed by atoms with E-state index in [-0.39, 0.29) is 5.91 Å². The number of hydrogen-bond donors (Lipinski definition) is 1. The van der Waals surface area contributed by atoms with Gasteiger partial charge in [0.25, 0.3) is 0 Å². The number of nitrogens with one attached hydrogen (secondary N) is 1. The number of methoxy groups -OCH3 is 1.